The molecule has 2 aromatic carbocycles. The van der Waals surface area contributed by atoms with Crippen molar-refractivity contribution >= 4 is 11.8 Å². The van der Waals surface area contributed by atoms with Crippen molar-refractivity contribution in [1.82, 2.24) is 10.9 Å². The maximum Gasteiger partial charge on any atom is 0.279 e. The second-order valence-corrected chi connectivity index (χ2v) is 4.75. The molecule has 0 aromatic heterocycles. The van der Waals surface area contributed by atoms with Crippen LogP contribution in [0.1, 0.15) is 17.3 Å². The van der Waals surface area contributed by atoms with Crippen molar-refractivity contribution < 1.29 is 19.1 Å². The molecule has 0 fully saturated rings. The molecule has 0 saturated carbocycles. The van der Waals surface area contributed by atoms with E-state index >= 15 is 0 Å². The lowest BCUT2D eigenvalue weighted by Crippen LogP contribution is -2.47. The van der Waals surface area contributed by atoms with E-state index in [2.05, 4.69) is 10.9 Å². The average Bonchev–Trinajstić information content (AvgIpc) is 2.60. The van der Waals surface area contributed by atoms with Crippen molar-refractivity contribution in [2.75, 3.05) is 7.11 Å². The van der Waals surface area contributed by atoms with Crippen molar-refractivity contribution in [3.8, 4) is 11.5 Å². The van der Waals surface area contributed by atoms with Crippen LogP contribution in [0.4, 0.5) is 0 Å². The number of nitrogens with one attached hydrogen (secondary N) is 2. The van der Waals surface area contributed by atoms with Gasteiger partial charge in [0.25, 0.3) is 11.8 Å². The molecular formula is C17H18N2O4. The van der Waals surface area contributed by atoms with Gasteiger partial charge in [-0.3, -0.25) is 20.4 Å². The number of rotatable bonds is 5. The molecule has 0 heterocycles. The summed E-state index contributed by atoms with van der Waals surface area (Å²) in [5.74, 6) is 0.357. The van der Waals surface area contributed by atoms with E-state index in [0.717, 1.165) is 0 Å². The van der Waals surface area contributed by atoms with E-state index in [1.54, 1.807) is 50.4 Å². The number of amides is 2. The van der Waals surface area contributed by atoms with Crippen LogP contribution in [0.2, 0.25) is 0 Å². The van der Waals surface area contributed by atoms with Crippen LogP contribution in [-0.4, -0.2) is 25.0 Å². The second-order valence-electron chi connectivity index (χ2n) is 4.75. The topological polar surface area (TPSA) is 76.7 Å². The fraction of sp³-hybridized carbons (Fsp3) is 0.176. The maximum atomic E-state index is 11.9. The van der Waals surface area contributed by atoms with E-state index in [0.29, 0.717) is 17.1 Å². The van der Waals surface area contributed by atoms with Gasteiger partial charge in [0.1, 0.15) is 11.5 Å². The highest BCUT2D eigenvalue weighted by Crippen LogP contribution is 2.11. The number of hydrogen-bond acceptors (Lipinski definition) is 4. The van der Waals surface area contributed by atoms with E-state index in [9.17, 15) is 9.59 Å². The Labute approximate surface area is 134 Å². The van der Waals surface area contributed by atoms with Crippen molar-refractivity contribution in [2.24, 2.45) is 0 Å². The summed E-state index contributed by atoms with van der Waals surface area (Å²) in [6.07, 6.45) is -0.742. The van der Waals surface area contributed by atoms with Crippen LogP contribution in [0.15, 0.2) is 54.6 Å². The third kappa shape index (κ3) is 4.74. The highest BCUT2D eigenvalue weighted by molar-refractivity contribution is 5.95. The second kappa shape index (κ2) is 7.84. The van der Waals surface area contributed by atoms with Gasteiger partial charge in [-0.15, -0.1) is 0 Å². The van der Waals surface area contributed by atoms with E-state index < -0.39 is 17.9 Å². The number of carbonyl (C=O) groups excluding carboxylic acids is 2. The predicted molar refractivity (Wildman–Crippen MR) is 85.1 cm³/mol. The lowest BCUT2D eigenvalue weighted by Gasteiger charge is -2.15. The quantitative estimate of drug-likeness (QED) is 0.827. The number of benzene rings is 2. The maximum absolute atomic E-state index is 11.9. The number of ether oxygens (including phenoxy) is 2. The molecule has 120 valence electrons. The minimum atomic E-state index is -0.742. The number of para-hydroxylation sites is 1. The van der Waals surface area contributed by atoms with Gasteiger partial charge in [-0.2, -0.15) is 0 Å². The highest BCUT2D eigenvalue weighted by Gasteiger charge is 2.15. The van der Waals surface area contributed by atoms with E-state index in [4.69, 9.17) is 9.47 Å². The fourth-order valence-corrected chi connectivity index (χ4v) is 1.79. The molecule has 0 radical (unpaired) electrons. The zero-order valence-electron chi connectivity index (χ0n) is 12.9. The van der Waals surface area contributed by atoms with Crippen LogP contribution in [0.25, 0.3) is 0 Å². The smallest absolute Gasteiger partial charge is 0.279 e. The minimum Gasteiger partial charge on any atom is -0.497 e. The van der Waals surface area contributed by atoms with E-state index in [1.807, 2.05) is 18.2 Å². The molecule has 0 spiro atoms. The predicted octanol–water partition coefficient (Wildman–Crippen LogP) is 1.92. The summed E-state index contributed by atoms with van der Waals surface area (Å²) >= 11 is 0. The van der Waals surface area contributed by atoms with E-state index in [-0.39, 0.29) is 0 Å². The van der Waals surface area contributed by atoms with Crippen molar-refractivity contribution in [3.05, 3.63) is 60.2 Å². The Bertz CT molecular complexity index is 656. The summed E-state index contributed by atoms with van der Waals surface area (Å²) in [7, 11) is 1.55. The minimum absolute atomic E-state index is 0.405. The lowest BCUT2D eigenvalue weighted by atomic mass is 10.2. The van der Waals surface area contributed by atoms with Crippen LogP contribution in [0.5, 0.6) is 11.5 Å². The Morgan fingerprint density at radius 2 is 1.57 bits per heavy atom. The van der Waals surface area contributed by atoms with Gasteiger partial charge >= 0.3 is 0 Å². The molecule has 1 atom stereocenters. The normalized spacial score (nSPS) is 11.2. The summed E-state index contributed by atoms with van der Waals surface area (Å²) in [6, 6.07) is 15.5. The summed E-state index contributed by atoms with van der Waals surface area (Å²) in [4.78, 5) is 23.8. The monoisotopic (exact) mass is 314 g/mol. The summed E-state index contributed by atoms with van der Waals surface area (Å²) < 4.78 is 10.5. The molecule has 23 heavy (non-hydrogen) atoms. The molecule has 6 heteroatoms. The van der Waals surface area contributed by atoms with Crippen LogP contribution in [0.3, 0.4) is 0 Å². The number of hydrazine groups is 1. The van der Waals surface area contributed by atoms with Gasteiger partial charge in [-0.05, 0) is 43.3 Å². The van der Waals surface area contributed by atoms with Gasteiger partial charge in [0.15, 0.2) is 6.10 Å². The zero-order valence-corrected chi connectivity index (χ0v) is 12.9. The molecule has 2 rings (SSSR count). The van der Waals surface area contributed by atoms with Gasteiger partial charge in [-0.25, -0.2) is 0 Å². The Hall–Kier alpha value is -3.02. The van der Waals surface area contributed by atoms with Gasteiger partial charge in [0, 0.05) is 5.56 Å². The van der Waals surface area contributed by atoms with Crippen molar-refractivity contribution in [1.29, 1.82) is 0 Å². The third-order valence-electron chi connectivity index (χ3n) is 3.08. The zero-order chi connectivity index (χ0) is 16.7. The van der Waals surface area contributed by atoms with Crippen molar-refractivity contribution in [3.63, 3.8) is 0 Å². The molecule has 2 aromatic rings. The molecule has 6 nitrogen and oxygen atoms in total. The van der Waals surface area contributed by atoms with Gasteiger partial charge < -0.3 is 9.47 Å². The first-order chi connectivity index (χ1) is 11.1. The fourth-order valence-electron chi connectivity index (χ4n) is 1.79. The van der Waals surface area contributed by atoms with Gasteiger partial charge in [0.2, 0.25) is 0 Å². The first kappa shape index (κ1) is 16.4. The van der Waals surface area contributed by atoms with Crippen LogP contribution >= 0.6 is 0 Å². The molecule has 0 saturated heterocycles. The summed E-state index contributed by atoms with van der Waals surface area (Å²) in [5, 5.41) is 0. The van der Waals surface area contributed by atoms with Gasteiger partial charge in [-0.1, -0.05) is 18.2 Å². The molecule has 0 unspecified atom stereocenters. The Morgan fingerprint density at radius 3 is 2.17 bits per heavy atom. The Kier molecular flexibility index (Phi) is 5.57. The molecular weight excluding hydrogens is 296 g/mol. The molecule has 0 aliphatic carbocycles. The first-order valence-corrected chi connectivity index (χ1v) is 7.06. The summed E-state index contributed by atoms with van der Waals surface area (Å²) in [6.45, 7) is 1.60. The number of methoxy groups -OCH3 is 1. The summed E-state index contributed by atoms with van der Waals surface area (Å²) in [5.41, 5.74) is 5.08. The molecule has 0 bridgehead atoms. The number of carbonyl (C=O) groups is 2. The molecule has 2 N–H and O–H groups in total. The molecule has 2 amide bonds. The van der Waals surface area contributed by atoms with Crippen LogP contribution in [0, 0.1) is 0 Å². The SMILES string of the molecule is COc1ccc(C(=O)NNC(=O)[C@H](C)Oc2ccccc2)cc1. The molecule has 0 aliphatic rings. The largest absolute Gasteiger partial charge is 0.497 e. The standard InChI is InChI=1S/C17H18N2O4/c1-12(23-15-6-4-3-5-7-15)16(20)18-19-17(21)13-8-10-14(22-2)11-9-13/h3-12H,1-2H3,(H,18,20)(H,19,21)/t12-/m0/s1. The van der Waals surface area contributed by atoms with Crippen LogP contribution < -0.4 is 20.3 Å². The Balaban J connectivity index is 1.84. The van der Waals surface area contributed by atoms with Gasteiger partial charge in [0.05, 0.1) is 7.11 Å². The van der Waals surface area contributed by atoms with E-state index in [1.165, 1.54) is 0 Å². The Morgan fingerprint density at radius 1 is 0.913 bits per heavy atom. The average molecular weight is 314 g/mol. The first-order valence-electron chi connectivity index (χ1n) is 7.06. The van der Waals surface area contributed by atoms with Crippen LogP contribution in [-0.2, 0) is 4.79 Å². The lowest BCUT2D eigenvalue weighted by molar-refractivity contribution is -0.128. The number of hydrogen-bond donors (Lipinski definition) is 2. The van der Waals surface area contributed by atoms with Crippen molar-refractivity contribution in [2.45, 2.75) is 13.0 Å². The highest BCUT2D eigenvalue weighted by atomic mass is 16.5. The molecule has 0 aliphatic heterocycles. The third-order valence-corrected chi connectivity index (χ3v) is 3.08.